The molecule has 204 valence electrons. The molecular weight excluding hydrogens is 568 g/mol. The molecule has 2 aromatic carbocycles. The third-order valence-corrected chi connectivity index (χ3v) is 8.15. The summed E-state index contributed by atoms with van der Waals surface area (Å²) in [4.78, 5) is 32.9. The van der Waals surface area contributed by atoms with Crippen LogP contribution in [0.15, 0.2) is 109 Å². The van der Waals surface area contributed by atoms with Crippen LogP contribution in [-0.4, -0.2) is 23.8 Å². The van der Waals surface area contributed by atoms with Crippen molar-refractivity contribution in [2.24, 2.45) is 4.99 Å². The van der Waals surface area contributed by atoms with Crippen molar-refractivity contribution in [1.82, 2.24) is 4.57 Å². The van der Waals surface area contributed by atoms with E-state index < -0.39 is 12.0 Å². The van der Waals surface area contributed by atoms with E-state index in [2.05, 4.69) is 11.6 Å². The summed E-state index contributed by atoms with van der Waals surface area (Å²) in [6.07, 6.45) is 3.36. The molecule has 40 heavy (non-hydrogen) atoms. The molecule has 1 aliphatic rings. The molecule has 0 fully saturated rings. The fraction of sp³-hybridized carbons (Fsp3) is 0.167. The average molecular weight is 593 g/mol. The van der Waals surface area contributed by atoms with Crippen LogP contribution in [0.5, 0.6) is 5.75 Å². The zero-order chi connectivity index (χ0) is 28.2. The Balaban J connectivity index is 1.54. The van der Waals surface area contributed by atoms with Crippen LogP contribution in [-0.2, 0) is 9.53 Å². The summed E-state index contributed by atoms with van der Waals surface area (Å²) in [6, 6.07) is 17.7. The highest BCUT2D eigenvalue weighted by molar-refractivity contribution is 7.99. The van der Waals surface area contributed by atoms with Crippen LogP contribution < -0.4 is 19.6 Å². The molecule has 0 saturated carbocycles. The van der Waals surface area contributed by atoms with E-state index in [0.717, 1.165) is 10.5 Å². The third-order valence-electron chi connectivity index (χ3n) is 5.99. The molecule has 0 N–H and O–H groups in total. The number of ether oxygens (including phenoxy) is 2. The first-order valence-corrected chi connectivity index (χ1v) is 14.5. The van der Waals surface area contributed by atoms with Gasteiger partial charge in [-0.25, -0.2) is 9.79 Å². The van der Waals surface area contributed by atoms with E-state index in [1.54, 1.807) is 42.7 Å². The Hall–Kier alpha value is -3.79. The lowest BCUT2D eigenvalue weighted by Crippen LogP contribution is -2.39. The number of benzene rings is 2. The van der Waals surface area contributed by atoms with Crippen LogP contribution in [0.2, 0.25) is 5.02 Å². The molecule has 0 spiro atoms. The second kappa shape index (κ2) is 12.2. The number of carbonyl (C=O) groups is 1. The molecule has 4 aromatic rings. The summed E-state index contributed by atoms with van der Waals surface area (Å²) >= 11 is 8.67. The number of allylic oxidation sites excluding steroid dienone is 1. The number of thiazole rings is 1. The van der Waals surface area contributed by atoms with Gasteiger partial charge in [-0.05, 0) is 67.9 Å². The maximum Gasteiger partial charge on any atom is 0.338 e. The van der Waals surface area contributed by atoms with E-state index in [-0.39, 0.29) is 12.2 Å². The first-order valence-electron chi connectivity index (χ1n) is 12.4. The van der Waals surface area contributed by atoms with Gasteiger partial charge in [-0.1, -0.05) is 59.5 Å². The van der Waals surface area contributed by atoms with Crippen molar-refractivity contribution in [3.05, 3.63) is 121 Å². The molecular formula is C30H25ClN2O5S2. The number of hydrogen-bond acceptors (Lipinski definition) is 8. The maximum absolute atomic E-state index is 13.8. The average Bonchev–Trinajstić information content (AvgIpc) is 3.51. The Morgan fingerprint density at radius 3 is 2.62 bits per heavy atom. The Labute approximate surface area is 243 Å². The van der Waals surface area contributed by atoms with Gasteiger partial charge in [0, 0.05) is 16.0 Å². The van der Waals surface area contributed by atoms with Gasteiger partial charge in [0.25, 0.3) is 5.56 Å². The van der Waals surface area contributed by atoms with Crippen molar-refractivity contribution in [1.29, 1.82) is 0 Å². The van der Waals surface area contributed by atoms with Gasteiger partial charge in [0.05, 0.1) is 28.5 Å². The van der Waals surface area contributed by atoms with Crippen molar-refractivity contribution in [3.63, 3.8) is 0 Å². The Morgan fingerprint density at radius 2 is 1.93 bits per heavy atom. The molecule has 0 bridgehead atoms. The molecule has 5 rings (SSSR count). The van der Waals surface area contributed by atoms with Crippen LogP contribution in [0.1, 0.15) is 31.2 Å². The minimum absolute atomic E-state index is 0.204. The molecule has 2 aromatic heterocycles. The molecule has 0 aliphatic carbocycles. The molecule has 0 radical (unpaired) electrons. The highest BCUT2D eigenvalue weighted by Crippen LogP contribution is 2.32. The lowest BCUT2D eigenvalue weighted by atomic mass is 9.96. The minimum atomic E-state index is -0.710. The monoisotopic (exact) mass is 592 g/mol. The molecule has 0 amide bonds. The number of halogens is 1. The van der Waals surface area contributed by atoms with Gasteiger partial charge in [-0.3, -0.25) is 9.36 Å². The maximum atomic E-state index is 13.8. The van der Waals surface area contributed by atoms with Gasteiger partial charge in [0.15, 0.2) is 9.89 Å². The summed E-state index contributed by atoms with van der Waals surface area (Å²) in [6.45, 7) is 7.74. The van der Waals surface area contributed by atoms with Crippen molar-refractivity contribution in [2.75, 3.05) is 13.2 Å². The lowest BCUT2D eigenvalue weighted by Gasteiger charge is -2.24. The van der Waals surface area contributed by atoms with Crippen LogP contribution in [0.25, 0.3) is 6.08 Å². The topological polar surface area (TPSA) is 83.0 Å². The van der Waals surface area contributed by atoms with Gasteiger partial charge >= 0.3 is 5.97 Å². The fourth-order valence-electron chi connectivity index (χ4n) is 4.22. The van der Waals surface area contributed by atoms with Gasteiger partial charge in [0.2, 0.25) is 0 Å². The number of aromatic nitrogens is 1. The lowest BCUT2D eigenvalue weighted by molar-refractivity contribution is -0.139. The van der Waals surface area contributed by atoms with E-state index in [1.807, 2.05) is 48.5 Å². The number of fused-ring (bicyclic) bond motifs is 1. The standard InChI is InChI=1S/C30H25ClN2O5S2/c1-4-16-37-21-10-6-19(7-11-21)27-26(29(35)36-5-2)18(3)32-30-33(27)28(34)24(40-30)17-22-12-15-25(38-22)39-23-13-8-20(31)9-14-23/h4,6-15,17,27H,1,5,16H2,2-3H3/b24-17+/t27-/m0/s1. The molecule has 3 heterocycles. The number of carbonyl (C=O) groups excluding carboxylic acids is 1. The van der Waals surface area contributed by atoms with Gasteiger partial charge in [0.1, 0.15) is 18.1 Å². The van der Waals surface area contributed by atoms with E-state index in [1.165, 1.54) is 23.1 Å². The summed E-state index contributed by atoms with van der Waals surface area (Å²) in [7, 11) is 0. The second-order valence-corrected chi connectivity index (χ2v) is 11.2. The van der Waals surface area contributed by atoms with Gasteiger partial charge in [-0.2, -0.15) is 0 Å². The zero-order valence-corrected chi connectivity index (χ0v) is 24.1. The smallest absolute Gasteiger partial charge is 0.338 e. The molecule has 7 nitrogen and oxygen atoms in total. The van der Waals surface area contributed by atoms with Gasteiger partial charge in [-0.15, -0.1) is 0 Å². The van der Waals surface area contributed by atoms with Crippen molar-refractivity contribution < 1.29 is 18.7 Å². The number of nitrogens with zero attached hydrogens (tertiary/aromatic N) is 2. The molecule has 1 aliphatic heterocycles. The molecule has 10 heteroatoms. The van der Waals surface area contributed by atoms with Crippen molar-refractivity contribution in [2.45, 2.75) is 29.9 Å². The molecule has 0 unspecified atom stereocenters. The quantitative estimate of drug-likeness (QED) is 0.181. The fourth-order valence-corrected chi connectivity index (χ4v) is 6.15. The minimum Gasteiger partial charge on any atom is -0.490 e. The first kappa shape index (κ1) is 27.8. The van der Waals surface area contributed by atoms with Crippen molar-refractivity contribution >= 4 is 46.7 Å². The highest BCUT2D eigenvalue weighted by atomic mass is 35.5. The number of hydrogen-bond donors (Lipinski definition) is 0. The summed E-state index contributed by atoms with van der Waals surface area (Å²) in [5, 5.41) is 1.34. The highest BCUT2D eigenvalue weighted by Gasteiger charge is 2.33. The largest absolute Gasteiger partial charge is 0.490 e. The summed E-state index contributed by atoms with van der Waals surface area (Å²) in [5.74, 6) is 0.674. The van der Waals surface area contributed by atoms with Crippen LogP contribution in [0.3, 0.4) is 0 Å². The zero-order valence-electron chi connectivity index (χ0n) is 21.8. The van der Waals surface area contributed by atoms with Gasteiger partial charge < -0.3 is 13.9 Å². The Bertz CT molecular complexity index is 1770. The first-order chi connectivity index (χ1) is 19.4. The second-order valence-electron chi connectivity index (χ2n) is 8.68. The Morgan fingerprint density at radius 1 is 1.18 bits per heavy atom. The van der Waals surface area contributed by atoms with E-state index in [9.17, 15) is 9.59 Å². The normalized spacial score (nSPS) is 15.0. The van der Waals surface area contributed by atoms with E-state index in [0.29, 0.717) is 48.8 Å². The predicted molar refractivity (Wildman–Crippen MR) is 157 cm³/mol. The molecule has 1 atom stereocenters. The summed E-state index contributed by atoms with van der Waals surface area (Å²) in [5.41, 5.74) is 1.28. The number of rotatable bonds is 9. The van der Waals surface area contributed by atoms with Crippen molar-refractivity contribution in [3.8, 4) is 5.75 Å². The molecule has 0 saturated heterocycles. The predicted octanol–water partition coefficient (Wildman–Crippen LogP) is 5.76. The number of esters is 1. The Kier molecular flexibility index (Phi) is 8.44. The summed E-state index contributed by atoms with van der Waals surface area (Å²) < 4.78 is 18.9. The van der Waals surface area contributed by atoms with Crippen LogP contribution >= 0.6 is 34.7 Å². The van der Waals surface area contributed by atoms with E-state index >= 15 is 0 Å². The van der Waals surface area contributed by atoms with Crippen LogP contribution in [0.4, 0.5) is 0 Å². The number of furan rings is 1. The SMILES string of the molecule is C=CCOc1ccc([C@H]2C(C(=O)OCC)=C(C)N=c3s/c(=C/c4ccc(Sc5ccc(Cl)cc5)o4)c(=O)n32)cc1. The third kappa shape index (κ3) is 5.86. The van der Waals surface area contributed by atoms with E-state index in [4.69, 9.17) is 25.5 Å². The van der Waals surface area contributed by atoms with Crippen LogP contribution in [0, 0.1) is 0 Å².